The van der Waals surface area contributed by atoms with E-state index in [1.54, 1.807) is 12.1 Å². The first-order valence-corrected chi connectivity index (χ1v) is 11.2. The van der Waals surface area contributed by atoms with Gasteiger partial charge in [0.05, 0.1) is 27.4 Å². The fourth-order valence-electron chi connectivity index (χ4n) is 3.44. The van der Waals surface area contributed by atoms with Crippen LogP contribution in [0, 0.1) is 0 Å². The van der Waals surface area contributed by atoms with E-state index in [0.29, 0.717) is 0 Å². The van der Waals surface area contributed by atoms with Crippen molar-refractivity contribution in [3.63, 3.8) is 0 Å². The van der Waals surface area contributed by atoms with Gasteiger partial charge in [-0.15, -0.1) is 0 Å². The van der Waals surface area contributed by atoms with Gasteiger partial charge in [0, 0.05) is 49.5 Å². The molecule has 161 valence electrons. The van der Waals surface area contributed by atoms with Gasteiger partial charge in [-0.05, 0) is 24.3 Å². The van der Waals surface area contributed by atoms with Gasteiger partial charge < -0.3 is 15.6 Å². The van der Waals surface area contributed by atoms with Crippen LogP contribution in [0.5, 0.6) is 0 Å². The summed E-state index contributed by atoms with van der Waals surface area (Å²) < 4.78 is 54.1. The largest absolute Gasteiger partial charge is 0.397 e. The molecule has 0 bridgehead atoms. The van der Waals surface area contributed by atoms with Crippen LogP contribution >= 0.6 is 0 Å². The quantitative estimate of drug-likeness (QED) is 0.171. The van der Waals surface area contributed by atoms with Crippen molar-refractivity contribution >= 4 is 49.8 Å². The second-order valence-corrected chi connectivity index (χ2v) is 9.03. The van der Waals surface area contributed by atoms with Crippen molar-refractivity contribution in [2.45, 2.75) is 9.79 Å². The molecule has 0 saturated heterocycles. The molecule has 1 atom stereocenters. The van der Waals surface area contributed by atoms with Crippen LogP contribution in [0.4, 0.5) is 17.1 Å². The van der Waals surface area contributed by atoms with Gasteiger partial charge in [0.25, 0.3) is 10.1 Å². The fourth-order valence-corrected chi connectivity index (χ4v) is 4.51. The van der Waals surface area contributed by atoms with Crippen molar-refractivity contribution in [1.29, 1.82) is 0 Å². The Kier molecular flexibility index (Phi) is 6.80. The van der Waals surface area contributed by atoms with Crippen molar-refractivity contribution in [3.8, 4) is 0 Å². The smallest absolute Gasteiger partial charge is 0.296 e. The number of nitrogens with one attached hydrogen (secondary N) is 1. The monoisotopic (exact) mass is 547 g/mol. The summed E-state index contributed by atoms with van der Waals surface area (Å²) >= 11 is -2.28. The predicted octanol–water partition coefficient (Wildman–Crippen LogP) is 2.61. The molecular formula is C20H14N2O7S2Y. The molecule has 1 aliphatic carbocycles. The molecule has 4 rings (SSSR count). The molecule has 0 aliphatic heterocycles. The molecule has 0 heterocycles. The Morgan fingerprint density at radius 1 is 0.906 bits per heavy atom. The summed E-state index contributed by atoms with van der Waals surface area (Å²) in [4.78, 5) is 25.6. The van der Waals surface area contributed by atoms with E-state index < -0.39 is 43.3 Å². The van der Waals surface area contributed by atoms with Crippen LogP contribution in [0.25, 0.3) is 0 Å². The summed E-state index contributed by atoms with van der Waals surface area (Å²) in [5, 5.41) is 2.80. The van der Waals surface area contributed by atoms with E-state index in [1.165, 1.54) is 36.4 Å². The third-order valence-electron chi connectivity index (χ3n) is 4.79. The van der Waals surface area contributed by atoms with E-state index >= 15 is 0 Å². The first kappa shape index (κ1) is 24.4. The Balaban J connectivity index is 0.00000289. The van der Waals surface area contributed by atoms with E-state index in [-0.39, 0.29) is 71.2 Å². The maximum atomic E-state index is 13.2. The average Bonchev–Trinajstić information content (AvgIpc) is 2.72. The van der Waals surface area contributed by atoms with E-state index in [0.717, 1.165) is 6.07 Å². The Morgan fingerprint density at radius 3 is 2.06 bits per heavy atom. The Labute approximate surface area is 210 Å². The van der Waals surface area contributed by atoms with Crippen molar-refractivity contribution in [1.82, 2.24) is 0 Å². The average molecular weight is 547 g/mol. The van der Waals surface area contributed by atoms with Gasteiger partial charge in [-0.2, -0.15) is 8.42 Å². The van der Waals surface area contributed by atoms with Crippen molar-refractivity contribution in [2.75, 3.05) is 11.1 Å². The zero-order valence-corrected chi connectivity index (χ0v) is 20.6. The number of anilines is 3. The van der Waals surface area contributed by atoms with E-state index in [1.807, 2.05) is 0 Å². The summed E-state index contributed by atoms with van der Waals surface area (Å²) in [6.45, 7) is 0. The summed E-state index contributed by atoms with van der Waals surface area (Å²) in [5.41, 5.74) is 5.18. The maximum Gasteiger partial charge on any atom is 0.296 e. The summed E-state index contributed by atoms with van der Waals surface area (Å²) in [5.74, 6) is -1.23. The van der Waals surface area contributed by atoms with Gasteiger partial charge in [0.2, 0.25) is 0 Å². The molecule has 12 heteroatoms. The van der Waals surface area contributed by atoms with Gasteiger partial charge in [0.1, 0.15) is 4.90 Å². The van der Waals surface area contributed by atoms with Gasteiger partial charge in [-0.25, -0.2) is 4.21 Å². The minimum Gasteiger partial charge on any atom is -0.397 e. The topological polar surface area (TPSA) is 164 Å². The normalized spacial score (nSPS) is 13.6. The molecule has 3 aromatic rings. The van der Waals surface area contributed by atoms with E-state index in [2.05, 4.69) is 5.32 Å². The summed E-state index contributed by atoms with van der Waals surface area (Å²) in [7, 11) is -4.84. The standard InChI is InChI=1S/C20H14N2O7S2.Y/c21-18-15(31(27,28)29)9-14(22-10-4-3-5-11(8-10)30(25)26)16-17(18)20(24)13-7-2-1-6-12(13)19(16)23;/h1-9,22H,21H2,(H,25,26)(H,27,28,29);. The van der Waals surface area contributed by atoms with Crippen LogP contribution in [0.3, 0.4) is 0 Å². The number of benzene rings is 3. The molecule has 0 aromatic heterocycles. The van der Waals surface area contributed by atoms with Gasteiger partial charge in [0.15, 0.2) is 22.6 Å². The maximum absolute atomic E-state index is 13.2. The number of ketones is 2. The number of nitrogen functional groups attached to an aromatic ring is 1. The minimum atomic E-state index is -4.84. The van der Waals surface area contributed by atoms with Crippen molar-refractivity contribution < 1.29 is 64.0 Å². The Morgan fingerprint density at radius 2 is 1.50 bits per heavy atom. The molecule has 9 nitrogen and oxygen atoms in total. The number of carbonyl (C=O) groups excluding carboxylic acids is 2. The molecule has 5 N–H and O–H groups in total. The van der Waals surface area contributed by atoms with Gasteiger partial charge >= 0.3 is 0 Å². The van der Waals surface area contributed by atoms with Crippen LogP contribution in [-0.2, 0) is 53.9 Å². The molecule has 32 heavy (non-hydrogen) atoms. The second kappa shape index (κ2) is 8.93. The van der Waals surface area contributed by atoms with Crippen LogP contribution in [-0.4, -0.2) is 33.3 Å². The van der Waals surface area contributed by atoms with Gasteiger partial charge in [-0.3, -0.25) is 14.1 Å². The Hall–Kier alpha value is -2.28. The SMILES string of the molecule is Nc1c(S(=O)(=O)O)cc(Nc2cccc(S(=O)O)c2)c2c1C(=O)c1ccccc1C2=O.[Y]. The van der Waals surface area contributed by atoms with E-state index in [9.17, 15) is 31.3 Å². The van der Waals surface area contributed by atoms with Crippen molar-refractivity contribution in [3.05, 3.63) is 76.9 Å². The number of hydrogen-bond acceptors (Lipinski definition) is 7. The number of hydrogen-bond donors (Lipinski definition) is 4. The number of nitrogens with two attached hydrogens (primary N) is 1. The summed E-state index contributed by atoms with van der Waals surface area (Å²) in [6.07, 6.45) is 0. The number of fused-ring (bicyclic) bond motifs is 2. The van der Waals surface area contributed by atoms with Gasteiger partial charge in [-0.1, -0.05) is 30.3 Å². The number of carbonyl (C=O) groups is 2. The molecule has 0 saturated carbocycles. The van der Waals surface area contributed by atoms with E-state index in [4.69, 9.17) is 5.73 Å². The molecule has 0 spiro atoms. The molecule has 3 aromatic carbocycles. The number of rotatable bonds is 4. The third kappa shape index (κ3) is 4.19. The fraction of sp³-hybridized carbons (Fsp3) is 0. The summed E-state index contributed by atoms with van der Waals surface area (Å²) in [6, 6.07) is 12.7. The zero-order chi connectivity index (χ0) is 22.5. The van der Waals surface area contributed by atoms with Crippen LogP contribution in [0.15, 0.2) is 64.4 Å². The van der Waals surface area contributed by atoms with Crippen LogP contribution < -0.4 is 11.1 Å². The molecule has 1 unspecified atom stereocenters. The third-order valence-corrected chi connectivity index (χ3v) is 6.34. The molecule has 0 amide bonds. The van der Waals surface area contributed by atoms with Crippen molar-refractivity contribution in [2.24, 2.45) is 0 Å². The molecular weight excluding hydrogens is 533 g/mol. The first-order chi connectivity index (χ1) is 14.6. The zero-order valence-electron chi connectivity index (χ0n) is 16.1. The molecule has 1 radical (unpaired) electrons. The second-order valence-electron chi connectivity index (χ2n) is 6.67. The molecule has 0 fully saturated rings. The first-order valence-electron chi connectivity index (χ1n) is 8.70. The Bertz CT molecular complexity index is 1420. The minimum absolute atomic E-state index is 0. The van der Waals surface area contributed by atoms with Crippen LogP contribution in [0.1, 0.15) is 31.8 Å². The molecule has 1 aliphatic rings. The van der Waals surface area contributed by atoms with Crippen LogP contribution in [0.2, 0.25) is 0 Å². The predicted molar refractivity (Wildman–Crippen MR) is 113 cm³/mol.